The van der Waals surface area contributed by atoms with Gasteiger partial charge in [-0.15, -0.1) is 0 Å². The van der Waals surface area contributed by atoms with Crippen molar-refractivity contribution in [3.05, 3.63) is 29.6 Å². The molecule has 0 bridgehead atoms. The van der Waals surface area contributed by atoms with E-state index in [2.05, 4.69) is 0 Å². The molecule has 0 aliphatic heterocycles. The Hall–Kier alpha value is -1.09. The van der Waals surface area contributed by atoms with Crippen LogP contribution in [0.15, 0.2) is 18.2 Å². The van der Waals surface area contributed by atoms with E-state index in [4.69, 9.17) is 9.84 Å². The lowest BCUT2D eigenvalue weighted by Gasteiger charge is -2.07. The molecule has 0 unspecified atom stereocenters. The molecule has 0 aliphatic rings. The average Bonchev–Trinajstić information content (AvgIpc) is 2.07. The molecule has 0 saturated heterocycles. The number of ether oxygens (including phenoxy) is 1. The molecule has 3 heteroatoms. The topological polar surface area (TPSA) is 29.5 Å². The van der Waals surface area contributed by atoms with Crippen LogP contribution in [-0.2, 0) is 11.3 Å². The lowest BCUT2D eigenvalue weighted by molar-refractivity contribution is 0.0655. The Morgan fingerprint density at radius 1 is 1.46 bits per heavy atom. The van der Waals surface area contributed by atoms with Gasteiger partial charge in [0.25, 0.3) is 0 Å². The van der Waals surface area contributed by atoms with Crippen LogP contribution in [0.1, 0.15) is 19.4 Å². The summed E-state index contributed by atoms with van der Waals surface area (Å²) in [5.41, 5.74) is 0.726. The monoisotopic (exact) mass is 184 g/mol. The van der Waals surface area contributed by atoms with Crippen molar-refractivity contribution >= 4 is 0 Å². The maximum absolute atomic E-state index is 12.8. The van der Waals surface area contributed by atoms with Gasteiger partial charge in [0.15, 0.2) is 11.6 Å². The Balaban J connectivity index is 2.63. The van der Waals surface area contributed by atoms with Crippen LogP contribution in [0.3, 0.4) is 0 Å². The number of halogens is 1. The summed E-state index contributed by atoms with van der Waals surface area (Å²) >= 11 is 0. The molecule has 0 aromatic heterocycles. The van der Waals surface area contributed by atoms with Gasteiger partial charge in [-0.05, 0) is 31.5 Å². The molecule has 0 spiro atoms. The van der Waals surface area contributed by atoms with Crippen molar-refractivity contribution in [3.8, 4) is 5.75 Å². The zero-order valence-electron chi connectivity index (χ0n) is 7.75. The van der Waals surface area contributed by atoms with Gasteiger partial charge in [0.2, 0.25) is 0 Å². The van der Waals surface area contributed by atoms with Crippen molar-refractivity contribution < 1.29 is 14.2 Å². The summed E-state index contributed by atoms with van der Waals surface area (Å²) in [5.74, 6) is -0.932. The van der Waals surface area contributed by atoms with Crippen LogP contribution < -0.4 is 0 Å². The van der Waals surface area contributed by atoms with Crippen molar-refractivity contribution in [2.45, 2.75) is 26.6 Å². The molecule has 0 radical (unpaired) electrons. The summed E-state index contributed by atoms with van der Waals surface area (Å²) in [5, 5.41) is 8.91. The Morgan fingerprint density at radius 2 is 2.15 bits per heavy atom. The van der Waals surface area contributed by atoms with Gasteiger partial charge in [0.1, 0.15) is 0 Å². The molecule has 0 atom stereocenters. The molecule has 72 valence electrons. The number of benzene rings is 1. The van der Waals surface area contributed by atoms with Crippen LogP contribution in [-0.4, -0.2) is 11.2 Å². The van der Waals surface area contributed by atoms with Crippen LogP contribution in [0, 0.1) is 5.82 Å². The van der Waals surface area contributed by atoms with E-state index in [1.165, 1.54) is 12.1 Å². The summed E-state index contributed by atoms with van der Waals surface area (Å²) < 4.78 is 18.1. The number of hydrogen-bond acceptors (Lipinski definition) is 2. The number of rotatable bonds is 3. The van der Waals surface area contributed by atoms with Gasteiger partial charge >= 0.3 is 0 Å². The van der Waals surface area contributed by atoms with Crippen molar-refractivity contribution in [1.29, 1.82) is 0 Å². The molecule has 1 aromatic rings. The molecule has 1 N–H and O–H groups in total. The highest BCUT2D eigenvalue weighted by Crippen LogP contribution is 2.16. The molecule has 13 heavy (non-hydrogen) atoms. The standard InChI is InChI=1S/C10H13FO2/c1-7(2)13-6-8-3-4-10(12)9(11)5-8/h3-5,7,12H,6H2,1-2H3. The molecular formula is C10H13FO2. The molecule has 0 saturated carbocycles. The normalized spacial score (nSPS) is 10.8. The second-order valence-corrected chi connectivity index (χ2v) is 3.15. The quantitative estimate of drug-likeness (QED) is 0.781. The van der Waals surface area contributed by atoms with Crippen molar-refractivity contribution in [2.24, 2.45) is 0 Å². The van der Waals surface area contributed by atoms with Gasteiger partial charge in [-0.25, -0.2) is 4.39 Å². The number of hydrogen-bond donors (Lipinski definition) is 1. The summed E-state index contributed by atoms with van der Waals surface area (Å²) in [6, 6.07) is 4.24. The summed E-state index contributed by atoms with van der Waals surface area (Å²) in [7, 11) is 0. The van der Waals surface area contributed by atoms with Crippen LogP contribution in [0.4, 0.5) is 4.39 Å². The number of phenolic OH excluding ortho intramolecular Hbond substituents is 1. The minimum Gasteiger partial charge on any atom is -0.505 e. The fourth-order valence-electron chi connectivity index (χ4n) is 0.903. The largest absolute Gasteiger partial charge is 0.505 e. The molecule has 0 heterocycles. The van der Waals surface area contributed by atoms with Crippen molar-refractivity contribution in [2.75, 3.05) is 0 Å². The maximum atomic E-state index is 12.8. The van der Waals surface area contributed by atoms with Gasteiger partial charge in [-0.2, -0.15) is 0 Å². The SMILES string of the molecule is CC(C)OCc1ccc(O)c(F)c1. The molecule has 0 aliphatic carbocycles. The van der Waals surface area contributed by atoms with E-state index in [0.717, 1.165) is 5.56 Å². The van der Waals surface area contributed by atoms with Crippen LogP contribution in [0.5, 0.6) is 5.75 Å². The van der Waals surface area contributed by atoms with E-state index >= 15 is 0 Å². The predicted octanol–water partition coefficient (Wildman–Crippen LogP) is 2.46. The first-order valence-electron chi connectivity index (χ1n) is 4.18. The molecule has 1 rings (SSSR count). The second kappa shape index (κ2) is 4.23. The maximum Gasteiger partial charge on any atom is 0.165 e. The third-order valence-electron chi connectivity index (χ3n) is 1.60. The van der Waals surface area contributed by atoms with E-state index in [-0.39, 0.29) is 11.9 Å². The second-order valence-electron chi connectivity index (χ2n) is 3.15. The highest BCUT2D eigenvalue weighted by atomic mass is 19.1. The number of aromatic hydroxyl groups is 1. The van der Waals surface area contributed by atoms with Gasteiger partial charge in [-0.3, -0.25) is 0 Å². The predicted molar refractivity (Wildman–Crippen MR) is 48.0 cm³/mol. The van der Waals surface area contributed by atoms with Crippen LogP contribution in [0.2, 0.25) is 0 Å². The minimum absolute atomic E-state index is 0.122. The third kappa shape index (κ3) is 3.03. The molecule has 0 amide bonds. The molecular weight excluding hydrogens is 171 g/mol. The zero-order chi connectivity index (χ0) is 9.84. The fraction of sp³-hybridized carbons (Fsp3) is 0.400. The highest BCUT2D eigenvalue weighted by Gasteiger charge is 2.02. The summed E-state index contributed by atoms with van der Waals surface area (Å²) in [6.07, 6.45) is 0.122. The Kier molecular flexibility index (Phi) is 3.25. The average molecular weight is 184 g/mol. The Labute approximate surface area is 77.0 Å². The molecule has 0 fully saturated rings. The summed E-state index contributed by atoms with van der Waals surface area (Å²) in [6.45, 7) is 4.20. The van der Waals surface area contributed by atoms with E-state index < -0.39 is 5.82 Å². The molecule has 2 nitrogen and oxygen atoms in total. The van der Waals surface area contributed by atoms with Gasteiger partial charge in [-0.1, -0.05) is 6.07 Å². The number of phenols is 1. The highest BCUT2D eigenvalue weighted by molar-refractivity contribution is 5.27. The van der Waals surface area contributed by atoms with Gasteiger partial charge < -0.3 is 9.84 Å². The Morgan fingerprint density at radius 3 is 2.69 bits per heavy atom. The van der Waals surface area contributed by atoms with Crippen molar-refractivity contribution in [3.63, 3.8) is 0 Å². The lowest BCUT2D eigenvalue weighted by atomic mass is 10.2. The summed E-state index contributed by atoms with van der Waals surface area (Å²) in [4.78, 5) is 0. The van der Waals surface area contributed by atoms with E-state index in [9.17, 15) is 4.39 Å². The van der Waals surface area contributed by atoms with Crippen LogP contribution >= 0.6 is 0 Å². The minimum atomic E-state index is -0.607. The van der Waals surface area contributed by atoms with E-state index in [0.29, 0.717) is 6.61 Å². The van der Waals surface area contributed by atoms with Gasteiger partial charge in [0.05, 0.1) is 12.7 Å². The Bertz CT molecular complexity index is 284. The van der Waals surface area contributed by atoms with Gasteiger partial charge in [0, 0.05) is 0 Å². The first-order chi connectivity index (χ1) is 6.09. The first-order valence-corrected chi connectivity index (χ1v) is 4.18. The van der Waals surface area contributed by atoms with Crippen molar-refractivity contribution in [1.82, 2.24) is 0 Å². The molecule has 1 aromatic carbocycles. The zero-order valence-corrected chi connectivity index (χ0v) is 7.75. The smallest absolute Gasteiger partial charge is 0.165 e. The van der Waals surface area contributed by atoms with E-state index in [1.54, 1.807) is 6.07 Å². The van der Waals surface area contributed by atoms with Crippen LogP contribution in [0.25, 0.3) is 0 Å². The fourth-order valence-corrected chi connectivity index (χ4v) is 0.903. The van der Waals surface area contributed by atoms with E-state index in [1.807, 2.05) is 13.8 Å². The lowest BCUT2D eigenvalue weighted by Crippen LogP contribution is -2.02. The third-order valence-corrected chi connectivity index (χ3v) is 1.60. The first kappa shape index (κ1) is 9.99.